The molecule has 1 aliphatic carbocycles. The van der Waals surface area contributed by atoms with E-state index in [1.165, 1.54) is 18.2 Å². The normalized spacial score (nSPS) is 26.8. The average Bonchev–Trinajstić information content (AvgIpc) is 3.04. The van der Waals surface area contributed by atoms with Gasteiger partial charge in [-0.05, 0) is 37.5 Å². The number of piperidine rings is 1. The van der Waals surface area contributed by atoms with Gasteiger partial charge in [-0.15, -0.1) is 0 Å². The molecule has 0 spiro atoms. The summed E-state index contributed by atoms with van der Waals surface area (Å²) in [5, 5.41) is 10.7. The average molecular weight is 367 g/mol. The number of imidazole rings is 1. The second-order valence-electron chi connectivity index (χ2n) is 7.36. The molecule has 2 N–H and O–H groups in total. The first-order valence-electron chi connectivity index (χ1n) is 8.85. The highest BCUT2D eigenvalue weighted by Gasteiger charge is 2.43. The van der Waals surface area contributed by atoms with Crippen molar-refractivity contribution in [1.29, 1.82) is 0 Å². The number of halogens is 3. The van der Waals surface area contributed by atoms with Crippen LogP contribution >= 0.6 is 0 Å². The van der Waals surface area contributed by atoms with Crippen molar-refractivity contribution in [3.63, 3.8) is 0 Å². The summed E-state index contributed by atoms with van der Waals surface area (Å²) in [6.45, 7) is 0.949. The van der Waals surface area contributed by atoms with E-state index in [1.807, 2.05) is 0 Å². The molecular formula is C18H20F3N3O2. The molecule has 140 valence electrons. The summed E-state index contributed by atoms with van der Waals surface area (Å²) >= 11 is 0. The molecule has 2 aromatic rings. The third-order valence-electron chi connectivity index (χ3n) is 5.71. The monoisotopic (exact) mass is 367 g/mol. The molecule has 2 fully saturated rings. The number of nitrogens with zero attached hydrogens (tertiary/aromatic N) is 2. The van der Waals surface area contributed by atoms with E-state index < -0.39 is 17.6 Å². The first-order chi connectivity index (χ1) is 12.3. The number of alkyl halides is 3. The number of aliphatic hydroxyl groups is 1. The van der Waals surface area contributed by atoms with Crippen LogP contribution in [0.15, 0.2) is 18.2 Å². The molecular weight excluding hydrogens is 347 g/mol. The topological polar surface area (TPSA) is 69.2 Å². The van der Waals surface area contributed by atoms with Crippen LogP contribution in [0.3, 0.4) is 0 Å². The number of rotatable bonds is 1. The Bertz CT molecular complexity index is 848. The summed E-state index contributed by atoms with van der Waals surface area (Å²) in [5.74, 6) is -1.22. The maximum atomic E-state index is 12.8. The van der Waals surface area contributed by atoms with Crippen molar-refractivity contribution in [1.82, 2.24) is 14.9 Å². The van der Waals surface area contributed by atoms with Crippen molar-refractivity contribution >= 4 is 16.9 Å². The molecule has 1 saturated carbocycles. The number of aromatic nitrogens is 2. The van der Waals surface area contributed by atoms with Gasteiger partial charge in [0.15, 0.2) is 0 Å². The molecule has 5 nitrogen and oxygen atoms in total. The Kier molecular flexibility index (Phi) is 3.98. The number of likely N-dealkylation sites (tertiary alicyclic amines) is 1. The Morgan fingerprint density at radius 2 is 2.12 bits per heavy atom. The lowest BCUT2D eigenvalue weighted by Gasteiger charge is -2.47. The predicted molar refractivity (Wildman–Crippen MR) is 88.5 cm³/mol. The van der Waals surface area contributed by atoms with Gasteiger partial charge in [0, 0.05) is 24.6 Å². The lowest BCUT2D eigenvalue weighted by Crippen LogP contribution is -2.54. The van der Waals surface area contributed by atoms with Gasteiger partial charge in [-0.3, -0.25) is 4.79 Å². The molecule has 1 aromatic heterocycles. The number of H-pyrrole nitrogens is 1. The summed E-state index contributed by atoms with van der Waals surface area (Å²) in [5.41, 5.74) is 0.0175. The summed E-state index contributed by atoms with van der Waals surface area (Å²) in [7, 11) is 0. The predicted octanol–water partition coefficient (Wildman–Crippen LogP) is 3.35. The summed E-state index contributed by atoms with van der Waals surface area (Å²) in [6.07, 6.45) is -0.265. The fraction of sp³-hybridized carbons (Fsp3) is 0.556. The maximum absolute atomic E-state index is 12.8. The Labute approximate surface area is 148 Å². The van der Waals surface area contributed by atoms with Gasteiger partial charge in [-0.1, -0.05) is 12.8 Å². The minimum atomic E-state index is -4.55. The van der Waals surface area contributed by atoms with Crippen molar-refractivity contribution in [3.05, 3.63) is 29.6 Å². The van der Waals surface area contributed by atoms with E-state index in [9.17, 15) is 23.1 Å². The number of carbonyl (C=O) groups is 1. The molecule has 2 atom stereocenters. The van der Waals surface area contributed by atoms with E-state index in [2.05, 4.69) is 9.97 Å². The number of fused-ring (bicyclic) bond motifs is 2. The minimum Gasteiger partial charge on any atom is -0.389 e. The van der Waals surface area contributed by atoms with E-state index in [1.54, 1.807) is 4.90 Å². The van der Waals surface area contributed by atoms with Crippen molar-refractivity contribution in [2.24, 2.45) is 5.92 Å². The second kappa shape index (κ2) is 5.97. The van der Waals surface area contributed by atoms with E-state index in [4.69, 9.17) is 0 Å². The van der Waals surface area contributed by atoms with Gasteiger partial charge in [0.25, 0.3) is 5.91 Å². The highest BCUT2D eigenvalue weighted by Crippen LogP contribution is 2.40. The van der Waals surface area contributed by atoms with Gasteiger partial charge in [0.1, 0.15) is 0 Å². The van der Waals surface area contributed by atoms with E-state index in [0.29, 0.717) is 25.1 Å². The van der Waals surface area contributed by atoms with Crippen LogP contribution in [0, 0.1) is 5.92 Å². The van der Waals surface area contributed by atoms with Gasteiger partial charge < -0.3 is 15.0 Å². The van der Waals surface area contributed by atoms with Crippen molar-refractivity contribution in [3.8, 4) is 0 Å². The second-order valence-corrected chi connectivity index (χ2v) is 7.36. The smallest absolute Gasteiger partial charge is 0.389 e. The molecule has 4 rings (SSSR count). The van der Waals surface area contributed by atoms with Crippen molar-refractivity contribution < 1.29 is 23.1 Å². The largest absolute Gasteiger partial charge is 0.449 e. The van der Waals surface area contributed by atoms with Crippen LogP contribution in [0.2, 0.25) is 0 Å². The third-order valence-corrected chi connectivity index (χ3v) is 5.71. The zero-order valence-electron chi connectivity index (χ0n) is 14.1. The number of hydrogen-bond acceptors (Lipinski definition) is 3. The summed E-state index contributed by atoms with van der Waals surface area (Å²) < 4.78 is 38.3. The first-order valence-corrected chi connectivity index (χ1v) is 8.85. The van der Waals surface area contributed by atoms with Crippen LogP contribution in [0.25, 0.3) is 11.0 Å². The van der Waals surface area contributed by atoms with Crippen molar-refractivity contribution in [2.75, 3.05) is 13.1 Å². The molecule has 2 heterocycles. The van der Waals surface area contributed by atoms with Crippen LogP contribution < -0.4 is 0 Å². The molecule has 1 saturated heterocycles. The third kappa shape index (κ3) is 2.96. The van der Waals surface area contributed by atoms with E-state index in [-0.39, 0.29) is 22.9 Å². The van der Waals surface area contributed by atoms with E-state index in [0.717, 1.165) is 25.7 Å². The lowest BCUT2D eigenvalue weighted by molar-refractivity contribution is -0.144. The standard InChI is InChI=1S/C18H20F3N3O2/c19-18(20,21)16-22-13-5-4-11(9-14(13)23-16)15(25)24-8-7-17(26)6-2-1-3-12(17)10-24/h4-5,9,12,26H,1-3,6-8,10H2,(H,22,23)/t12-,17+/m0/s1. The van der Waals surface area contributed by atoms with Crippen LogP contribution in [0.5, 0.6) is 0 Å². The van der Waals surface area contributed by atoms with E-state index >= 15 is 0 Å². The van der Waals surface area contributed by atoms with Gasteiger partial charge in [-0.2, -0.15) is 13.2 Å². The highest BCUT2D eigenvalue weighted by atomic mass is 19.4. The van der Waals surface area contributed by atoms with Gasteiger partial charge in [-0.25, -0.2) is 4.98 Å². The molecule has 0 unspecified atom stereocenters. The highest BCUT2D eigenvalue weighted by molar-refractivity contribution is 5.97. The molecule has 0 bridgehead atoms. The number of hydrogen-bond donors (Lipinski definition) is 2. The molecule has 1 aliphatic heterocycles. The molecule has 1 amide bonds. The number of amides is 1. The molecule has 2 aliphatic rings. The van der Waals surface area contributed by atoms with Crippen molar-refractivity contribution in [2.45, 2.75) is 43.9 Å². The first kappa shape index (κ1) is 17.3. The fourth-order valence-corrected chi connectivity index (χ4v) is 4.21. The SMILES string of the molecule is O=C(c1ccc2nc(C(F)(F)F)[nH]c2c1)N1CC[C@]2(O)CCCC[C@H]2C1. The molecule has 1 aromatic carbocycles. The Morgan fingerprint density at radius 1 is 1.31 bits per heavy atom. The quantitative estimate of drug-likeness (QED) is 0.812. The Hall–Kier alpha value is -2.09. The van der Waals surface area contributed by atoms with Gasteiger partial charge in [0.05, 0.1) is 16.6 Å². The molecule has 8 heteroatoms. The summed E-state index contributed by atoms with van der Waals surface area (Å²) in [6, 6.07) is 4.35. The molecule has 26 heavy (non-hydrogen) atoms. The van der Waals surface area contributed by atoms with Crippen LogP contribution in [0.4, 0.5) is 13.2 Å². The zero-order chi connectivity index (χ0) is 18.5. The number of carbonyl (C=O) groups excluding carboxylic acids is 1. The van der Waals surface area contributed by atoms with Crippen LogP contribution in [-0.2, 0) is 6.18 Å². The zero-order valence-corrected chi connectivity index (χ0v) is 14.1. The summed E-state index contributed by atoms with van der Waals surface area (Å²) in [4.78, 5) is 20.3. The number of aromatic amines is 1. The number of nitrogens with one attached hydrogen (secondary N) is 1. The Balaban J connectivity index is 1.56. The lowest BCUT2D eigenvalue weighted by atomic mass is 9.71. The fourth-order valence-electron chi connectivity index (χ4n) is 4.21. The van der Waals surface area contributed by atoms with Gasteiger partial charge >= 0.3 is 6.18 Å². The minimum absolute atomic E-state index is 0.0710. The molecule has 0 radical (unpaired) electrons. The van der Waals surface area contributed by atoms with Gasteiger partial charge in [0.2, 0.25) is 5.82 Å². The van der Waals surface area contributed by atoms with Crippen LogP contribution in [-0.4, -0.2) is 44.6 Å². The maximum Gasteiger partial charge on any atom is 0.449 e. The number of benzene rings is 1. The van der Waals surface area contributed by atoms with Crippen LogP contribution in [0.1, 0.15) is 48.3 Å². The Morgan fingerprint density at radius 3 is 2.88 bits per heavy atom.